The van der Waals surface area contributed by atoms with E-state index in [9.17, 15) is 0 Å². The Labute approximate surface area is 749 Å². The Hall–Kier alpha value is -7.52. The van der Waals surface area contributed by atoms with E-state index in [0.29, 0.717) is 104 Å². The van der Waals surface area contributed by atoms with Gasteiger partial charge in [0.15, 0.2) is 0 Å². The third-order valence-electron chi connectivity index (χ3n) is 25.3. The van der Waals surface area contributed by atoms with Gasteiger partial charge in [0.05, 0.1) is 100 Å². The van der Waals surface area contributed by atoms with E-state index in [1.165, 1.54) is 283 Å². The third-order valence-corrected chi connectivity index (χ3v) is 25.3. The lowest BCUT2D eigenvalue weighted by molar-refractivity contribution is 0.292. The predicted molar refractivity (Wildman–Crippen MR) is 510 cm³/mol. The minimum atomic E-state index is 0.295. The third kappa shape index (κ3) is 38.2. The van der Waals surface area contributed by atoms with Crippen LogP contribution in [0.2, 0.25) is 0 Å². The van der Waals surface area contributed by atoms with Crippen LogP contribution in [0.3, 0.4) is 0 Å². The summed E-state index contributed by atoms with van der Waals surface area (Å²) in [4.78, 5) is 0. The Morgan fingerprint density at radius 1 is 0.218 bits per heavy atom. The molecule has 1 aliphatic rings. The summed E-state index contributed by atoms with van der Waals surface area (Å²) in [5, 5.41) is 36.9. The number of ether oxygens (including phenoxy) is 4. The van der Waals surface area contributed by atoms with Gasteiger partial charge in [-0.15, -0.1) is 20.4 Å². The highest BCUT2D eigenvalue weighted by atomic mass is 16.5. The molecule has 124 heavy (non-hydrogen) atoms. The highest BCUT2D eigenvalue weighted by Gasteiger charge is 2.27. The Kier molecular flexibility index (Phi) is 50.0. The minimum absolute atomic E-state index is 0.295. The van der Waals surface area contributed by atoms with E-state index in [-0.39, 0.29) is 0 Å². The number of rotatable bonds is 72. The van der Waals surface area contributed by atoms with Gasteiger partial charge < -0.3 is 41.9 Å². The second-order valence-corrected chi connectivity index (χ2v) is 36.5. The van der Waals surface area contributed by atoms with Crippen molar-refractivity contribution in [1.82, 2.24) is 60.0 Å². The fraction of sp³-hybridized carbons (Fsp3) is 0.692. The van der Waals surface area contributed by atoms with Crippen molar-refractivity contribution in [2.45, 2.75) is 440 Å². The van der Waals surface area contributed by atoms with Crippen LogP contribution in [0.1, 0.15) is 451 Å². The van der Waals surface area contributed by atoms with Gasteiger partial charge in [0, 0.05) is 51.9 Å². The lowest BCUT2D eigenvalue weighted by Gasteiger charge is -2.25. The molecule has 1 aliphatic carbocycles. The van der Waals surface area contributed by atoms with Crippen LogP contribution in [0.5, 0.6) is 23.0 Å². The topological polar surface area (TPSA) is 264 Å². The van der Waals surface area contributed by atoms with Gasteiger partial charge in [0.25, 0.3) is 0 Å². The van der Waals surface area contributed by atoms with Crippen LogP contribution in [-0.4, -0.2) is 86.4 Å². The second kappa shape index (κ2) is 61.8. The monoisotopic (exact) mass is 1710 g/mol. The Morgan fingerprint density at radius 3 is 0.500 bits per heavy atom. The number of aromatic nitrogens is 12. The molecule has 0 spiro atoms. The molecule has 0 saturated carbocycles. The largest absolute Gasteiger partial charge is 0.493 e. The van der Waals surface area contributed by atoms with Crippen molar-refractivity contribution < 1.29 is 18.9 Å². The fourth-order valence-electron chi connectivity index (χ4n) is 18.2. The molecule has 0 fully saturated rings. The molecular formula is C104H168N16O4. The zero-order valence-electron chi connectivity index (χ0n) is 78.3. The minimum Gasteiger partial charge on any atom is -0.493 e. The van der Waals surface area contributed by atoms with Gasteiger partial charge in [-0.2, -0.15) is 0 Å². The van der Waals surface area contributed by atoms with Gasteiger partial charge in [-0.25, -0.2) is 18.7 Å². The number of nitrogens with zero attached hydrogens (tertiary/aromatic N) is 12. The quantitative estimate of drug-likeness (QED) is 0.0258. The molecule has 4 heterocycles. The molecule has 20 nitrogen and oxygen atoms in total. The SMILES string of the molecule is CCCCCCCCCCCCCCCOc1c2cc(Cn3cc(CN)nn3)cc1Cc1cc(Cn3cc(CN)nn3)cc(c1OCCCCCCCCCCCCCCC)Cc1cc(Cn3cc(CN)nn3)cc(c1OCCCCCCCCCCCCCCC)Cc1cc(Cn3cc(CN)nn3)cc(c1OCCCCCCCCCCCCCCC)C2. The molecule has 9 rings (SSSR count). The van der Waals surface area contributed by atoms with Crippen LogP contribution >= 0.6 is 0 Å². The first-order valence-corrected chi connectivity index (χ1v) is 50.7. The first kappa shape index (κ1) is 100. The van der Waals surface area contributed by atoms with Crippen molar-refractivity contribution in [2.75, 3.05) is 26.4 Å². The standard InChI is InChI=1S/C104H168N16O4/c1-5-9-13-17-21-25-29-33-37-41-45-49-53-57-121-101-89-61-85(77-117-81-97(73-105)109-113-117)62-90(101)70-92-64-87(79-119-83-99(75-107)111-115-119)66-94(103(92)123-59-55-51-47-43-39-35-31-27-23-19-15-11-7-3)72-96-68-88(80-120-84-100(76-108)112-116-120)67-95(104(96)124-60-56-52-48-44-40-36-32-28-24-20-16-12-8-4)71-93-65-86(78-118-82-98(74-106)110-114-118)63-91(69-89)102(93)122-58-54-50-46-42-38-34-30-26-22-18-14-10-6-2/h61-68,81-84H,5-60,69-80,105-108H2,1-4H3. The zero-order valence-corrected chi connectivity index (χ0v) is 78.3. The molecule has 688 valence electrons. The Balaban J connectivity index is 1.18. The van der Waals surface area contributed by atoms with E-state index >= 15 is 0 Å². The van der Waals surface area contributed by atoms with E-state index in [1.807, 2.05) is 43.5 Å². The average Bonchev–Trinajstić information content (AvgIpc) is 1.01. The number of fused-ring (bicyclic) bond motifs is 8. The molecule has 0 aliphatic heterocycles. The van der Waals surface area contributed by atoms with Crippen LogP contribution in [0.4, 0.5) is 0 Å². The molecule has 0 saturated heterocycles. The maximum Gasteiger partial charge on any atom is 0.126 e. The van der Waals surface area contributed by atoms with Gasteiger partial charge in [-0.1, -0.05) is 357 Å². The smallest absolute Gasteiger partial charge is 0.126 e. The van der Waals surface area contributed by atoms with E-state index in [2.05, 4.69) is 96.6 Å². The summed E-state index contributed by atoms with van der Waals surface area (Å²) < 4.78 is 38.1. The van der Waals surface area contributed by atoms with Gasteiger partial charge in [-0.05, 0) is 141 Å². The molecule has 8 N–H and O–H groups in total. The van der Waals surface area contributed by atoms with E-state index in [1.54, 1.807) is 0 Å². The van der Waals surface area contributed by atoms with E-state index < -0.39 is 0 Å². The number of hydrogen-bond acceptors (Lipinski definition) is 16. The molecule has 4 aromatic carbocycles. The number of unbranched alkanes of at least 4 members (excludes halogenated alkanes) is 48. The highest BCUT2D eigenvalue weighted by molar-refractivity contribution is 5.59. The molecule has 8 aromatic rings. The van der Waals surface area contributed by atoms with Crippen molar-refractivity contribution in [2.24, 2.45) is 22.9 Å². The first-order valence-electron chi connectivity index (χ1n) is 50.7. The fourth-order valence-corrected chi connectivity index (χ4v) is 18.2. The van der Waals surface area contributed by atoms with Crippen LogP contribution in [0.15, 0.2) is 73.3 Å². The summed E-state index contributed by atoms with van der Waals surface area (Å²) in [7, 11) is 0. The predicted octanol–water partition coefficient (Wildman–Crippen LogP) is 24.6. The van der Waals surface area contributed by atoms with Gasteiger partial charge in [0.2, 0.25) is 0 Å². The van der Waals surface area contributed by atoms with Crippen molar-refractivity contribution in [3.8, 4) is 23.0 Å². The Morgan fingerprint density at radius 2 is 0.363 bits per heavy atom. The molecule has 0 atom stereocenters. The van der Waals surface area contributed by atoms with E-state index in [0.717, 1.165) is 164 Å². The molecule has 0 amide bonds. The molecule has 20 heteroatoms. The summed E-state index contributed by atoms with van der Waals surface area (Å²) in [5.41, 5.74) is 41.0. The van der Waals surface area contributed by atoms with Gasteiger partial charge in [-0.3, -0.25) is 0 Å². The maximum atomic E-state index is 7.60. The normalized spacial score (nSPS) is 12.2. The second-order valence-electron chi connectivity index (χ2n) is 36.5. The van der Waals surface area contributed by atoms with Crippen molar-refractivity contribution >= 4 is 0 Å². The van der Waals surface area contributed by atoms with Crippen LogP contribution in [0.25, 0.3) is 0 Å². The maximum absolute atomic E-state index is 7.60. The molecule has 0 radical (unpaired) electrons. The molecule has 8 bridgehead atoms. The summed E-state index contributed by atoms with van der Waals surface area (Å²) in [6.07, 6.45) is 76.1. The summed E-state index contributed by atoms with van der Waals surface area (Å²) in [5.74, 6) is 3.60. The average molecular weight is 1710 g/mol. The number of nitrogens with two attached hydrogens (primary N) is 4. The van der Waals surface area contributed by atoms with Crippen LogP contribution in [-0.2, 0) is 78.0 Å². The zero-order chi connectivity index (χ0) is 86.9. The van der Waals surface area contributed by atoms with Gasteiger partial charge >= 0.3 is 0 Å². The highest BCUT2D eigenvalue weighted by Crippen LogP contribution is 2.42. The number of benzene rings is 4. The van der Waals surface area contributed by atoms with Crippen molar-refractivity contribution in [3.63, 3.8) is 0 Å². The molecular weight excluding hydrogens is 1540 g/mol. The van der Waals surface area contributed by atoms with Crippen molar-refractivity contribution in [3.05, 3.63) is 163 Å². The van der Waals surface area contributed by atoms with Crippen molar-refractivity contribution in [1.29, 1.82) is 0 Å². The van der Waals surface area contributed by atoms with E-state index in [4.69, 9.17) is 62.7 Å². The van der Waals surface area contributed by atoms with Crippen LogP contribution < -0.4 is 41.9 Å². The summed E-state index contributed by atoms with van der Waals surface area (Å²) in [6.45, 7) is 14.6. The summed E-state index contributed by atoms with van der Waals surface area (Å²) in [6, 6.07) is 19.0. The lowest BCUT2D eigenvalue weighted by atomic mass is 9.88. The summed E-state index contributed by atoms with van der Waals surface area (Å²) >= 11 is 0. The Bertz CT molecular complexity index is 3510. The van der Waals surface area contributed by atoms with Gasteiger partial charge in [0.1, 0.15) is 23.0 Å². The number of hydrogen-bond donors (Lipinski definition) is 4. The van der Waals surface area contributed by atoms with Crippen LogP contribution in [0, 0.1) is 0 Å². The first-order chi connectivity index (χ1) is 61.2. The molecule has 0 unspecified atom stereocenters. The molecule has 4 aromatic heterocycles. The lowest BCUT2D eigenvalue weighted by Crippen LogP contribution is -2.13.